The van der Waals surface area contributed by atoms with Gasteiger partial charge < -0.3 is 10.2 Å². The van der Waals surface area contributed by atoms with Crippen LogP contribution < -0.4 is 5.32 Å². The molecule has 1 N–H and O–H groups in total. The maximum Gasteiger partial charge on any atom is 0.223 e. The summed E-state index contributed by atoms with van der Waals surface area (Å²) in [6.07, 6.45) is 7.28. The molecule has 0 spiro atoms. The summed E-state index contributed by atoms with van der Waals surface area (Å²) in [5.74, 6) is 1.13. The highest BCUT2D eigenvalue weighted by molar-refractivity contribution is 5.76. The fourth-order valence-corrected chi connectivity index (χ4v) is 2.22. The molecule has 0 radical (unpaired) electrons. The first-order chi connectivity index (χ1) is 7.79. The molecule has 3 nitrogen and oxygen atoms in total. The molecular formula is C13H24N2O. The predicted molar refractivity (Wildman–Crippen MR) is 65.2 cm³/mol. The standard InChI is InChI=1S/C13H24N2O/c1-2-15(10-11-4-3-5-11)13(16)8-9-14-12-6-7-12/h11-12,14H,2-10H2,1H3. The molecule has 0 atom stereocenters. The summed E-state index contributed by atoms with van der Waals surface area (Å²) in [5, 5.41) is 3.40. The van der Waals surface area contributed by atoms with Crippen LogP contribution in [0.2, 0.25) is 0 Å². The average molecular weight is 224 g/mol. The summed E-state index contributed by atoms with van der Waals surface area (Å²) in [4.78, 5) is 14.0. The first-order valence-electron chi connectivity index (χ1n) is 6.80. The zero-order valence-corrected chi connectivity index (χ0v) is 10.4. The summed E-state index contributed by atoms with van der Waals surface area (Å²) in [5.41, 5.74) is 0. The van der Waals surface area contributed by atoms with E-state index in [2.05, 4.69) is 12.2 Å². The number of rotatable bonds is 7. The molecule has 0 aromatic heterocycles. The van der Waals surface area contributed by atoms with Crippen molar-refractivity contribution < 1.29 is 4.79 Å². The monoisotopic (exact) mass is 224 g/mol. The molecule has 92 valence electrons. The van der Waals surface area contributed by atoms with Crippen LogP contribution in [0.3, 0.4) is 0 Å². The average Bonchev–Trinajstić information content (AvgIpc) is 3.00. The Balaban J connectivity index is 1.62. The van der Waals surface area contributed by atoms with Crippen molar-refractivity contribution >= 4 is 5.91 Å². The smallest absolute Gasteiger partial charge is 0.223 e. The quantitative estimate of drug-likeness (QED) is 0.715. The second kappa shape index (κ2) is 5.67. The predicted octanol–water partition coefficient (Wildman–Crippen LogP) is 1.78. The lowest BCUT2D eigenvalue weighted by Gasteiger charge is -2.31. The van der Waals surface area contributed by atoms with Crippen LogP contribution in [0.15, 0.2) is 0 Å². The lowest BCUT2D eigenvalue weighted by molar-refractivity contribution is -0.131. The zero-order valence-electron chi connectivity index (χ0n) is 10.4. The fraction of sp³-hybridized carbons (Fsp3) is 0.923. The summed E-state index contributed by atoms with van der Waals surface area (Å²) >= 11 is 0. The SMILES string of the molecule is CCN(CC1CCC1)C(=O)CCNC1CC1. The van der Waals surface area contributed by atoms with Gasteiger partial charge in [0, 0.05) is 32.1 Å². The van der Waals surface area contributed by atoms with Gasteiger partial charge in [0.05, 0.1) is 0 Å². The summed E-state index contributed by atoms with van der Waals surface area (Å²) in [6, 6.07) is 0.717. The molecule has 0 saturated heterocycles. The topological polar surface area (TPSA) is 32.3 Å². The number of hydrogen-bond acceptors (Lipinski definition) is 2. The summed E-state index contributed by atoms with van der Waals surface area (Å²) < 4.78 is 0. The minimum Gasteiger partial charge on any atom is -0.343 e. The summed E-state index contributed by atoms with van der Waals surface area (Å²) in [7, 11) is 0. The Hall–Kier alpha value is -0.570. The third-order valence-electron chi connectivity index (χ3n) is 3.79. The van der Waals surface area contributed by atoms with Crippen molar-refractivity contribution in [1.82, 2.24) is 10.2 Å². The largest absolute Gasteiger partial charge is 0.343 e. The van der Waals surface area contributed by atoms with Gasteiger partial charge in [-0.1, -0.05) is 6.42 Å². The first-order valence-corrected chi connectivity index (χ1v) is 6.80. The number of hydrogen-bond donors (Lipinski definition) is 1. The van der Waals surface area contributed by atoms with Crippen LogP contribution in [0.4, 0.5) is 0 Å². The van der Waals surface area contributed by atoms with Gasteiger partial charge in [0.2, 0.25) is 5.91 Å². The molecule has 0 aliphatic heterocycles. The molecular weight excluding hydrogens is 200 g/mol. The van der Waals surface area contributed by atoms with Crippen molar-refractivity contribution in [1.29, 1.82) is 0 Å². The zero-order chi connectivity index (χ0) is 11.4. The van der Waals surface area contributed by atoms with Gasteiger partial charge >= 0.3 is 0 Å². The molecule has 0 unspecified atom stereocenters. The van der Waals surface area contributed by atoms with E-state index in [0.29, 0.717) is 12.3 Å². The lowest BCUT2D eigenvalue weighted by atomic mass is 9.85. The van der Waals surface area contributed by atoms with Gasteiger partial charge in [-0.15, -0.1) is 0 Å². The van der Waals surface area contributed by atoms with E-state index in [1.807, 2.05) is 4.90 Å². The fourth-order valence-electron chi connectivity index (χ4n) is 2.22. The van der Waals surface area contributed by atoms with Crippen LogP contribution in [0.5, 0.6) is 0 Å². The molecule has 0 aromatic rings. The normalized spacial score (nSPS) is 20.6. The number of carbonyl (C=O) groups excluding carboxylic acids is 1. The molecule has 3 heteroatoms. The maximum atomic E-state index is 11.9. The third-order valence-corrected chi connectivity index (χ3v) is 3.79. The van der Waals surface area contributed by atoms with Gasteiger partial charge in [-0.2, -0.15) is 0 Å². The van der Waals surface area contributed by atoms with Crippen molar-refractivity contribution in [2.24, 2.45) is 5.92 Å². The Morgan fingerprint density at radius 2 is 2.06 bits per heavy atom. The Morgan fingerprint density at radius 1 is 1.31 bits per heavy atom. The Morgan fingerprint density at radius 3 is 2.56 bits per heavy atom. The second-order valence-electron chi connectivity index (χ2n) is 5.21. The second-order valence-corrected chi connectivity index (χ2v) is 5.21. The van der Waals surface area contributed by atoms with Gasteiger partial charge in [0.15, 0.2) is 0 Å². The van der Waals surface area contributed by atoms with E-state index in [1.54, 1.807) is 0 Å². The van der Waals surface area contributed by atoms with Crippen LogP contribution in [-0.4, -0.2) is 36.5 Å². The minimum atomic E-state index is 0.336. The van der Waals surface area contributed by atoms with E-state index < -0.39 is 0 Å². The number of carbonyl (C=O) groups is 1. The van der Waals surface area contributed by atoms with Crippen LogP contribution in [-0.2, 0) is 4.79 Å². The molecule has 2 fully saturated rings. The van der Waals surface area contributed by atoms with Crippen molar-refractivity contribution in [2.75, 3.05) is 19.6 Å². The Labute approximate surface area is 98.6 Å². The minimum absolute atomic E-state index is 0.336. The van der Waals surface area contributed by atoms with E-state index in [0.717, 1.165) is 31.6 Å². The van der Waals surface area contributed by atoms with Crippen LogP contribution in [0, 0.1) is 5.92 Å². The van der Waals surface area contributed by atoms with Crippen molar-refractivity contribution in [3.63, 3.8) is 0 Å². The van der Waals surface area contributed by atoms with Gasteiger partial charge in [0.1, 0.15) is 0 Å². The molecule has 2 aliphatic rings. The Bertz CT molecular complexity index is 234. The van der Waals surface area contributed by atoms with Crippen LogP contribution in [0.25, 0.3) is 0 Å². The van der Waals surface area contributed by atoms with E-state index in [9.17, 15) is 4.79 Å². The number of nitrogens with zero attached hydrogens (tertiary/aromatic N) is 1. The van der Waals surface area contributed by atoms with E-state index >= 15 is 0 Å². The summed E-state index contributed by atoms with van der Waals surface area (Å²) in [6.45, 7) is 4.83. The first kappa shape index (κ1) is 11.9. The molecule has 0 heterocycles. The number of amides is 1. The molecule has 2 rings (SSSR count). The third kappa shape index (κ3) is 3.48. The van der Waals surface area contributed by atoms with Gasteiger partial charge in [-0.05, 0) is 38.5 Å². The number of nitrogens with one attached hydrogen (secondary N) is 1. The maximum absolute atomic E-state index is 11.9. The van der Waals surface area contributed by atoms with Crippen molar-refractivity contribution in [2.45, 2.75) is 51.5 Å². The van der Waals surface area contributed by atoms with Gasteiger partial charge in [-0.25, -0.2) is 0 Å². The molecule has 1 amide bonds. The van der Waals surface area contributed by atoms with E-state index in [1.165, 1.54) is 32.1 Å². The highest BCUT2D eigenvalue weighted by Gasteiger charge is 2.23. The van der Waals surface area contributed by atoms with E-state index in [-0.39, 0.29) is 0 Å². The van der Waals surface area contributed by atoms with Gasteiger partial charge in [0.25, 0.3) is 0 Å². The highest BCUT2D eigenvalue weighted by atomic mass is 16.2. The molecule has 2 saturated carbocycles. The van der Waals surface area contributed by atoms with Gasteiger partial charge in [-0.3, -0.25) is 4.79 Å². The van der Waals surface area contributed by atoms with E-state index in [4.69, 9.17) is 0 Å². The van der Waals surface area contributed by atoms with Crippen molar-refractivity contribution in [3.8, 4) is 0 Å². The molecule has 0 aromatic carbocycles. The highest BCUT2D eigenvalue weighted by Crippen LogP contribution is 2.27. The van der Waals surface area contributed by atoms with Crippen LogP contribution in [0.1, 0.15) is 45.4 Å². The molecule has 2 aliphatic carbocycles. The van der Waals surface area contributed by atoms with Crippen LogP contribution >= 0.6 is 0 Å². The molecule has 0 bridgehead atoms. The lowest BCUT2D eigenvalue weighted by Crippen LogP contribution is -2.38. The Kier molecular flexibility index (Phi) is 4.22. The molecule has 16 heavy (non-hydrogen) atoms. The van der Waals surface area contributed by atoms with Crippen molar-refractivity contribution in [3.05, 3.63) is 0 Å².